The molecule has 3 aromatic rings. The molecule has 1 atom stereocenters. The number of azo groups is 1. The molecule has 0 amide bonds. The first-order chi connectivity index (χ1) is 9.70. The van der Waals surface area contributed by atoms with Gasteiger partial charge in [0.25, 0.3) is 0 Å². The zero-order valence-corrected chi connectivity index (χ0v) is 11.3. The van der Waals surface area contributed by atoms with Crippen molar-refractivity contribution in [3.63, 3.8) is 0 Å². The van der Waals surface area contributed by atoms with Crippen LogP contribution in [-0.4, -0.2) is 19.8 Å². The van der Waals surface area contributed by atoms with Gasteiger partial charge in [-0.1, -0.05) is 41.9 Å². The summed E-state index contributed by atoms with van der Waals surface area (Å²) in [5.41, 5.74) is 2.42. The molecule has 0 fully saturated rings. The van der Waals surface area contributed by atoms with E-state index in [0.29, 0.717) is 11.3 Å². The molecule has 98 valence electrons. The van der Waals surface area contributed by atoms with Gasteiger partial charge >= 0.3 is 0 Å². The molecule has 20 heavy (non-hydrogen) atoms. The summed E-state index contributed by atoms with van der Waals surface area (Å²) < 4.78 is 1.42. The van der Waals surface area contributed by atoms with E-state index in [9.17, 15) is 0 Å². The first kappa shape index (κ1) is 11.5. The van der Waals surface area contributed by atoms with Crippen LogP contribution >= 0.6 is 11.6 Å². The van der Waals surface area contributed by atoms with Gasteiger partial charge in [0, 0.05) is 0 Å². The van der Waals surface area contributed by atoms with E-state index >= 15 is 0 Å². The van der Waals surface area contributed by atoms with Gasteiger partial charge in [0.15, 0.2) is 10.8 Å². The van der Waals surface area contributed by atoms with Crippen molar-refractivity contribution in [2.24, 2.45) is 10.2 Å². The summed E-state index contributed by atoms with van der Waals surface area (Å²) >= 11 is 6.17. The van der Waals surface area contributed by atoms with Gasteiger partial charge in [-0.05, 0) is 12.5 Å². The van der Waals surface area contributed by atoms with E-state index in [-0.39, 0.29) is 5.15 Å². The minimum atomic E-state index is -0.628. The Morgan fingerprint density at radius 2 is 2.00 bits per heavy atom. The van der Waals surface area contributed by atoms with Crippen molar-refractivity contribution in [1.82, 2.24) is 19.8 Å². The van der Waals surface area contributed by atoms with Crippen molar-refractivity contribution in [3.05, 3.63) is 52.9 Å². The van der Waals surface area contributed by atoms with E-state index in [1.54, 1.807) is 0 Å². The number of aromatic nitrogens is 4. The fourth-order valence-electron chi connectivity index (χ4n) is 2.52. The number of fused-ring (bicyclic) bond motifs is 3. The second-order valence-electron chi connectivity index (χ2n) is 4.73. The maximum Gasteiger partial charge on any atom is 0.184 e. The number of hydrogen-bond donors (Lipinski definition) is 0. The van der Waals surface area contributed by atoms with Gasteiger partial charge in [0.2, 0.25) is 0 Å². The van der Waals surface area contributed by atoms with Crippen LogP contribution in [0, 0.1) is 0 Å². The zero-order chi connectivity index (χ0) is 13.7. The van der Waals surface area contributed by atoms with E-state index in [4.69, 9.17) is 11.6 Å². The lowest BCUT2D eigenvalue weighted by molar-refractivity contribution is 0.602. The van der Waals surface area contributed by atoms with Crippen LogP contribution in [0.25, 0.3) is 5.65 Å². The van der Waals surface area contributed by atoms with Crippen molar-refractivity contribution < 1.29 is 0 Å². The first-order valence-corrected chi connectivity index (χ1v) is 6.46. The monoisotopic (exact) mass is 284 g/mol. The minimum absolute atomic E-state index is 0.279. The lowest BCUT2D eigenvalue weighted by Gasteiger charge is -2.21. The van der Waals surface area contributed by atoms with Gasteiger partial charge in [-0.2, -0.15) is 10.2 Å². The van der Waals surface area contributed by atoms with Gasteiger partial charge in [-0.25, -0.2) is 4.98 Å². The molecule has 0 N–H and O–H groups in total. The summed E-state index contributed by atoms with van der Waals surface area (Å²) in [4.78, 5) is 4.26. The maximum atomic E-state index is 6.17. The van der Waals surface area contributed by atoms with Gasteiger partial charge in [-0.3, -0.25) is 0 Å². The molecular weight excluding hydrogens is 276 g/mol. The molecule has 1 aliphatic rings. The molecule has 0 aliphatic carbocycles. The SMILES string of the molecule is CC1(c2ccccc2)N=Nc2c(Cl)nn3ncnc3c21. The highest BCUT2D eigenvalue weighted by atomic mass is 35.5. The predicted octanol–water partition coefficient (Wildman–Crippen LogP) is 3.14. The average Bonchev–Trinajstić information content (AvgIpc) is 3.05. The van der Waals surface area contributed by atoms with Crippen molar-refractivity contribution >= 4 is 22.9 Å². The topological polar surface area (TPSA) is 67.8 Å². The Balaban J connectivity index is 2.09. The van der Waals surface area contributed by atoms with Gasteiger partial charge < -0.3 is 0 Å². The largest absolute Gasteiger partial charge is 0.213 e. The summed E-state index contributed by atoms with van der Waals surface area (Å²) in [6.07, 6.45) is 1.45. The molecule has 7 heteroatoms. The third-order valence-electron chi connectivity index (χ3n) is 3.54. The Hall–Kier alpha value is -2.34. The maximum absolute atomic E-state index is 6.17. The third-order valence-corrected chi connectivity index (χ3v) is 3.80. The Kier molecular flexibility index (Phi) is 2.20. The van der Waals surface area contributed by atoms with Crippen LogP contribution in [0.4, 0.5) is 5.69 Å². The van der Waals surface area contributed by atoms with Crippen LogP contribution in [0.2, 0.25) is 5.15 Å². The average molecular weight is 285 g/mol. The Labute approximate surface area is 119 Å². The fraction of sp³-hybridized carbons (Fsp3) is 0.154. The van der Waals surface area contributed by atoms with Crippen LogP contribution < -0.4 is 0 Å². The highest BCUT2D eigenvalue weighted by Crippen LogP contribution is 2.48. The van der Waals surface area contributed by atoms with Crippen molar-refractivity contribution in [2.45, 2.75) is 12.5 Å². The number of benzene rings is 1. The van der Waals surface area contributed by atoms with Crippen molar-refractivity contribution in [1.29, 1.82) is 0 Å². The third kappa shape index (κ3) is 1.36. The number of halogens is 1. The first-order valence-electron chi connectivity index (χ1n) is 6.08. The quantitative estimate of drug-likeness (QED) is 0.689. The molecule has 0 radical (unpaired) electrons. The standard InChI is InChI=1S/C13H9ClN6/c1-13(8-5-3-2-4-6-8)9-10(17-19-13)11(14)18-20-12(9)15-7-16-20/h2-7H,1H3. The molecule has 2 aromatic heterocycles. The molecule has 4 rings (SSSR count). The molecular formula is C13H9ClN6. The van der Waals surface area contributed by atoms with Crippen molar-refractivity contribution in [2.75, 3.05) is 0 Å². The normalized spacial score (nSPS) is 20.5. The smallest absolute Gasteiger partial charge is 0.184 e. The number of rotatable bonds is 1. The zero-order valence-electron chi connectivity index (χ0n) is 10.5. The molecule has 1 aliphatic heterocycles. The Bertz CT molecular complexity index is 841. The molecule has 0 saturated heterocycles. The lowest BCUT2D eigenvalue weighted by Crippen LogP contribution is -2.19. The van der Waals surface area contributed by atoms with Gasteiger partial charge in [0.05, 0.1) is 5.56 Å². The molecule has 1 unspecified atom stereocenters. The molecule has 1 aromatic carbocycles. The predicted molar refractivity (Wildman–Crippen MR) is 73.2 cm³/mol. The minimum Gasteiger partial charge on any atom is -0.213 e. The summed E-state index contributed by atoms with van der Waals surface area (Å²) in [6.45, 7) is 1.99. The number of nitrogens with zero attached hydrogens (tertiary/aromatic N) is 6. The van der Waals surface area contributed by atoms with Gasteiger partial charge in [0.1, 0.15) is 17.6 Å². The molecule has 0 bridgehead atoms. The van der Waals surface area contributed by atoms with E-state index in [1.807, 2.05) is 37.3 Å². The van der Waals surface area contributed by atoms with Crippen molar-refractivity contribution in [3.8, 4) is 0 Å². The lowest BCUT2D eigenvalue weighted by atomic mass is 9.86. The van der Waals surface area contributed by atoms with Crippen LogP contribution in [0.1, 0.15) is 18.1 Å². The highest BCUT2D eigenvalue weighted by Gasteiger charge is 2.40. The van der Waals surface area contributed by atoms with E-state index in [2.05, 4.69) is 25.4 Å². The number of hydrogen-bond acceptors (Lipinski definition) is 5. The van der Waals surface area contributed by atoms with Crippen LogP contribution in [-0.2, 0) is 5.54 Å². The Morgan fingerprint density at radius 3 is 2.80 bits per heavy atom. The van der Waals surface area contributed by atoms with Crippen LogP contribution in [0.3, 0.4) is 0 Å². The summed E-state index contributed by atoms with van der Waals surface area (Å²) in [7, 11) is 0. The van der Waals surface area contributed by atoms with Crippen LogP contribution in [0.5, 0.6) is 0 Å². The second kappa shape index (κ2) is 3.83. The van der Waals surface area contributed by atoms with Crippen LogP contribution in [0.15, 0.2) is 46.9 Å². The fourth-order valence-corrected chi connectivity index (χ4v) is 2.72. The molecule has 0 spiro atoms. The summed E-state index contributed by atoms with van der Waals surface area (Å²) in [6, 6.07) is 9.92. The van der Waals surface area contributed by atoms with E-state index in [1.165, 1.54) is 11.0 Å². The van der Waals surface area contributed by atoms with E-state index in [0.717, 1.165) is 11.1 Å². The molecule has 6 nitrogen and oxygen atoms in total. The summed E-state index contributed by atoms with van der Waals surface area (Å²) in [5, 5.41) is 17.1. The van der Waals surface area contributed by atoms with Gasteiger partial charge in [-0.15, -0.1) is 14.8 Å². The Morgan fingerprint density at radius 1 is 1.20 bits per heavy atom. The molecule has 3 heterocycles. The second-order valence-corrected chi connectivity index (χ2v) is 5.08. The van der Waals surface area contributed by atoms with E-state index < -0.39 is 5.54 Å². The summed E-state index contributed by atoms with van der Waals surface area (Å²) in [5.74, 6) is 0. The highest BCUT2D eigenvalue weighted by molar-refractivity contribution is 6.32. The molecule has 0 saturated carbocycles.